The lowest BCUT2D eigenvalue weighted by Crippen LogP contribution is -2.52. The van der Waals surface area contributed by atoms with E-state index in [2.05, 4.69) is 69.2 Å². The van der Waals surface area contributed by atoms with Crippen LogP contribution in [0.25, 0.3) is 33.3 Å². The van der Waals surface area contributed by atoms with Crippen molar-refractivity contribution >= 4 is 27.8 Å². The van der Waals surface area contributed by atoms with Gasteiger partial charge in [-0.05, 0) is 44.5 Å². The molecule has 194 valence electrons. The van der Waals surface area contributed by atoms with Gasteiger partial charge in [-0.25, -0.2) is 15.0 Å². The first-order valence-electron chi connectivity index (χ1n) is 13.5. The first-order chi connectivity index (χ1) is 18.6. The summed E-state index contributed by atoms with van der Waals surface area (Å²) in [5.41, 5.74) is 12.1. The van der Waals surface area contributed by atoms with Crippen molar-refractivity contribution in [2.45, 2.75) is 31.7 Å². The van der Waals surface area contributed by atoms with Crippen molar-refractivity contribution in [2.24, 2.45) is 0 Å². The van der Waals surface area contributed by atoms with Gasteiger partial charge in [0.15, 0.2) is 0 Å². The summed E-state index contributed by atoms with van der Waals surface area (Å²) < 4.78 is 2.16. The minimum atomic E-state index is 0.417. The molecule has 7 heteroatoms. The molecule has 4 aromatic rings. The molecule has 3 aromatic heterocycles. The maximum absolute atomic E-state index is 6.44. The topological polar surface area (TPSA) is 75.6 Å². The largest absolute Gasteiger partial charge is 0.382 e. The van der Waals surface area contributed by atoms with Gasteiger partial charge in [0.25, 0.3) is 0 Å². The molecule has 0 bridgehead atoms. The van der Waals surface area contributed by atoms with Crippen molar-refractivity contribution < 1.29 is 0 Å². The Morgan fingerprint density at radius 1 is 1.08 bits per heavy atom. The van der Waals surface area contributed by atoms with Crippen LogP contribution < -0.4 is 5.73 Å². The number of hydrogen-bond donors (Lipinski definition) is 1. The van der Waals surface area contributed by atoms with Crippen LogP contribution in [-0.2, 0) is 0 Å². The molecule has 0 amide bonds. The number of aromatic nitrogens is 4. The predicted molar refractivity (Wildman–Crippen MR) is 156 cm³/mol. The average Bonchev–Trinajstić information content (AvgIpc) is 3.29. The van der Waals surface area contributed by atoms with Gasteiger partial charge in [0.05, 0.1) is 11.2 Å². The second-order valence-corrected chi connectivity index (χ2v) is 10.5. The number of nitrogen functional groups attached to an aromatic ring is 1. The molecule has 1 saturated heterocycles. The van der Waals surface area contributed by atoms with E-state index in [1.165, 1.54) is 0 Å². The van der Waals surface area contributed by atoms with Crippen LogP contribution in [0.15, 0.2) is 73.6 Å². The van der Waals surface area contributed by atoms with Gasteiger partial charge >= 0.3 is 0 Å². The van der Waals surface area contributed by atoms with Gasteiger partial charge in [-0.3, -0.25) is 9.30 Å². The van der Waals surface area contributed by atoms with Crippen LogP contribution in [-0.4, -0.2) is 68.4 Å². The minimum absolute atomic E-state index is 0.417. The van der Waals surface area contributed by atoms with E-state index in [0.29, 0.717) is 17.8 Å². The lowest BCUT2D eigenvalue weighted by atomic mass is 9.78. The van der Waals surface area contributed by atoms with Crippen molar-refractivity contribution in [3.63, 3.8) is 0 Å². The van der Waals surface area contributed by atoms with Gasteiger partial charge in [-0.2, -0.15) is 0 Å². The highest BCUT2D eigenvalue weighted by Gasteiger charge is 2.38. The van der Waals surface area contributed by atoms with E-state index in [9.17, 15) is 0 Å². The first-order valence-corrected chi connectivity index (χ1v) is 13.5. The number of hydrogen-bond acceptors (Lipinski definition) is 6. The van der Waals surface area contributed by atoms with E-state index in [1.807, 2.05) is 25.3 Å². The molecular formula is C31H35N7. The maximum atomic E-state index is 6.44. The molecular weight excluding hydrogens is 470 g/mol. The third-order valence-corrected chi connectivity index (χ3v) is 8.05. The van der Waals surface area contributed by atoms with Crippen LogP contribution in [0, 0.1) is 0 Å². The maximum Gasteiger partial charge on any atom is 0.150 e. The van der Waals surface area contributed by atoms with E-state index in [-0.39, 0.29) is 0 Å². The summed E-state index contributed by atoms with van der Waals surface area (Å²) in [4.78, 5) is 19.7. The number of nitrogens with two attached hydrogens (primary N) is 1. The van der Waals surface area contributed by atoms with Gasteiger partial charge in [0.2, 0.25) is 0 Å². The summed E-state index contributed by atoms with van der Waals surface area (Å²) in [5.74, 6) is 2.00. The number of fused-ring (bicyclic) bond motifs is 2. The molecule has 1 saturated carbocycles. The summed E-state index contributed by atoms with van der Waals surface area (Å²) >= 11 is 0. The number of piperazine rings is 1. The van der Waals surface area contributed by atoms with Gasteiger partial charge in [-0.1, -0.05) is 49.1 Å². The molecule has 2 N–H and O–H groups in total. The Morgan fingerprint density at radius 3 is 2.63 bits per heavy atom. The Bertz CT molecular complexity index is 1550. The number of nitrogens with zero attached hydrogens (tertiary/aromatic N) is 6. The standard InChI is InChI=1S/C31H35N7/c1-4-6-21(7-5-2)26-11-10-22-8-9-23(20-27(22)34-26)28-29-30(32)33-12-13-38(29)31(35-28)24-18-25(19-24)37-16-14-36(3)15-17-37/h4-13,20,24-25H,1,14-19H2,2-3H3,(H2,32,33)/b7-5-,21-6+. The normalized spacial score (nSPS) is 21.4. The molecule has 1 aliphatic carbocycles. The highest BCUT2D eigenvalue weighted by atomic mass is 15.3. The summed E-state index contributed by atoms with van der Waals surface area (Å²) in [6, 6.07) is 11.1. The number of imidazole rings is 1. The number of likely N-dealkylation sites (N-methyl/N-ethyl adjacent to an activating group) is 1. The fourth-order valence-electron chi connectivity index (χ4n) is 5.82. The van der Waals surface area contributed by atoms with Crippen LogP contribution in [0.5, 0.6) is 0 Å². The average molecular weight is 506 g/mol. The summed E-state index contributed by atoms with van der Waals surface area (Å²) in [5, 5.41) is 1.08. The number of allylic oxidation sites excluding steroid dienone is 5. The van der Waals surface area contributed by atoms with E-state index in [0.717, 1.165) is 83.8 Å². The monoisotopic (exact) mass is 505 g/mol. The Hall–Kier alpha value is -3.81. The fraction of sp³-hybridized carbons (Fsp3) is 0.323. The van der Waals surface area contributed by atoms with Crippen molar-refractivity contribution in [1.29, 1.82) is 0 Å². The fourth-order valence-corrected chi connectivity index (χ4v) is 5.82. The molecule has 2 fully saturated rings. The SMILES string of the molecule is C=C/C=C(\C=C/C)c1ccc2ccc(-c3nc(C4CC(N5CCN(C)CC5)C4)n4ccnc(N)c34)cc2n1. The highest BCUT2D eigenvalue weighted by molar-refractivity contribution is 5.91. The molecule has 0 radical (unpaired) electrons. The third kappa shape index (κ3) is 4.42. The van der Waals surface area contributed by atoms with Gasteiger partial charge in [0.1, 0.15) is 22.9 Å². The Morgan fingerprint density at radius 2 is 1.87 bits per heavy atom. The predicted octanol–water partition coefficient (Wildman–Crippen LogP) is 5.17. The zero-order valence-electron chi connectivity index (χ0n) is 22.2. The number of pyridine rings is 1. The van der Waals surface area contributed by atoms with E-state index in [4.69, 9.17) is 15.7 Å². The van der Waals surface area contributed by atoms with E-state index in [1.54, 1.807) is 12.3 Å². The number of rotatable bonds is 6. The number of benzene rings is 1. The zero-order valence-corrected chi connectivity index (χ0v) is 22.2. The Balaban J connectivity index is 1.36. The Kier molecular flexibility index (Phi) is 6.55. The molecule has 1 aliphatic heterocycles. The molecule has 1 aromatic carbocycles. The molecule has 0 unspecified atom stereocenters. The molecule has 6 rings (SSSR count). The van der Waals surface area contributed by atoms with Gasteiger partial charge in [-0.15, -0.1) is 0 Å². The van der Waals surface area contributed by atoms with Crippen LogP contribution in [0.1, 0.15) is 37.2 Å². The molecule has 38 heavy (non-hydrogen) atoms. The van der Waals surface area contributed by atoms with E-state index >= 15 is 0 Å². The van der Waals surface area contributed by atoms with Crippen molar-refractivity contribution in [1.82, 2.24) is 29.2 Å². The van der Waals surface area contributed by atoms with Crippen LogP contribution >= 0.6 is 0 Å². The lowest BCUT2D eigenvalue weighted by molar-refractivity contribution is 0.0586. The van der Waals surface area contributed by atoms with Crippen molar-refractivity contribution in [3.8, 4) is 11.3 Å². The van der Waals surface area contributed by atoms with Crippen LogP contribution in [0.2, 0.25) is 0 Å². The minimum Gasteiger partial charge on any atom is -0.382 e. The van der Waals surface area contributed by atoms with Crippen molar-refractivity contribution in [3.05, 3.63) is 85.1 Å². The van der Waals surface area contributed by atoms with Crippen molar-refractivity contribution in [2.75, 3.05) is 39.0 Å². The van der Waals surface area contributed by atoms with Gasteiger partial charge < -0.3 is 10.6 Å². The quantitative estimate of drug-likeness (QED) is 0.365. The van der Waals surface area contributed by atoms with Gasteiger partial charge in [0, 0.05) is 61.5 Å². The smallest absolute Gasteiger partial charge is 0.150 e. The molecule has 0 spiro atoms. The highest BCUT2D eigenvalue weighted by Crippen LogP contribution is 2.42. The van der Waals surface area contributed by atoms with Crippen LogP contribution in [0.4, 0.5) is 5.82 Å². The summed E-state index contributed by atoms with van der Waals surface area (Å²) in [6.45, 7) is 10.5. The second-order valence-electron chi connectivity index (χ2n) is 10.5. The first kappa shape index (κ1) is 24.5. The molecule has 2 aliphatic rings. The second kappa shape index (κ2) is 10.2. The third-order valence-electron chi connectivity index (χ3n) is 8.05. The zero-order chi connectivity index (χ0) is 26.2. The lowest BCUT2D eigenvalue weighted by Gasteiger charge is -2.45. The molecule has 7 nitrogen and oxygen atoms in total. The molecule has 0 atom stereocenters. The summed E-state index contributed by atoms with van der Waals surface area (Å²) in [6.07, 6.45) is 13.9. The van der Waals surface area contributed by atoms with E-state index < -0.39 is 0 Å². The Labute approximate surface area is 224 Å². The molecule has 4 heterocycles. The number of anilines is 1. The van der Waals surface area contributed by atoms with Crippen LogP contribution in [0.3, 0.4) is 0 Å². The summed E-state index contributed by atoms with van der Waals surface area (Å²) in [7, 11) is 2.21.